The largest absolute Gasteiger partial charge is 0.331 e. The van der Waals surface area contributed by atoms with Crippen molar-refractivity contribution in [1.29, 1.82) is 0 Å². The van der Waals surface area contributed by atoms with Gasteiger partial charge in [0.1, 0.15) is 6.33 Å². The predicted octanol–water partition coefficient (Wildman–Crippen LogP) is 3.19. The molecule has 2 aromatic carbocycles. The molecule has 3 aromatic rings. The molecule has 0 bridgehead atoms. The Labute approximate surface area is 145 Å². The Bertz CT molecular complexity index is 963. The molecule has 0 aliphatic heterocycles. The van der Waals surface area contributed by atoms with Crippen LogP contribution in [0, 0.1) is 0 Å². The van der Waals surface area contributed by atoms with Gasteiger partial charge in [0.2, 0.25) is 0 Å². The zero-order valence-electron chi connectivity index (χ0n) is 13.8. The molecule has 126 valence electrons. The van der Waals surface area contributed by atoms with Crippen molar-refractivity contribution in [3.8, 4) is 0 Å². The van der Waals surface area contributed by atoms with Gasteiger partial charge in [-0.15, -0.1) is 10.2 Å². The van der Waals surface area contributed by atoms with Crippen molar-refractivity contribution < 1.29 is 4.79 Å². The molecule has 1 fully saturated rings. The average Bonchev–Trinajstić information content (AvgIpc) is 3.21. The van der Waals surface area contributed by atoms with Crippen molar-refractivity contribution >= 4 is 22.5 Å². The third-order valence-corrected chi connectivity index (χ3v) is 5.12. The second-order valence-electron chi connectivity index (χ2n) is 6.81. The van der Waals surface area contributed by atoms with Crippen LogP contribution in [0.2, 0.25) is 0 Å². The summed E-state index contributed by atoms with van der Waals surface area (Å²) >= 11 is 0. The maximum Gasteiger partial charge on any atom is 0.319 e. The summed E-state index contributed by atoms with van der Waals surface area (Å²) in [6.45, 7) is 0.379. The molecule has 0 unspecified atom stereocenters. The van der Waals surface area contributed by atoms with Crippen molar-refractivity contribution in [2.75, 3.05) is 5.32 Å². The zero-order chi connectivity index (χ0) is 16.8. The summed E-state index contributed by atoms with van der Waals surface area (Å²) in [5.74, 6) is 0.804. The monoisotopic (exact) mass is 333 g/mol. The molecule has 2 aliphatic rings. The Hall–Kier alpha value is -2.89. The molecule has 6 heteroatoms. The fourth-order valence-electron chi connectivity index (χ4n) is 3.73. The topological polar surface area (TPSA) is 71.8 Å². The number of benzene rings is 2. The van der Waals surface area contributed by atoms with E-state index in [1.54, 1.807) is 6.33 Å². The molecule has 0 radical (unpaired) electrons. The molecule has 0 saturated heterocycles. The zero-order valence-corrected chi connectivity index (χ0v) is 13.8. The minimum absolute atomic E-state index is 0.218. The van der Waals surface area contributed by atoms with E-state index >= 15 is 0 Å². The minimum Gasteiger partial charge on any atom is -0.331 e. The first kappa shape index (κ1) is 14.5. The van der Waals surface area contributed by atoms with Crippen molar-refractivity contribution in [2.45, 2.75) is 38.3 Å². The SMILES string of the molecule is O=C(NCc1nncn1C1CC1)Nc1ccc2c3c(cccc13)CC2. The lowest BCUT2D eigenvalue weighted by Gasteiger charge is -2.12. The summed E-state index contributed by atoms with van der Waals surface area (Å²) in [6.07, 6.45) is 6.24. The third kappa shape index (κ3) is 2.54. The summed E-state index contributed by atoms with van der Waals surface area (Å²) in [4.78, 5) is 12.4. The standard InChI is InChI=1S/C19H19N5O/c25-19(20-10-17-23-21-11-24(17)14-7-8-14)22-16-9-6-13-5-4-12-2-1-3-15(16)18(12)13/h1-3,6,9,11,14H,4-5,7-8,10H2,(H2,20,22,25). The van der Waals surface area contributed by atoms with E-state index in [2.05, 4.69) is 49.7 Å². The fraction of sp³-hybridized carbons (Fsp3) is 0.316. The smallest absolute Gasteiger partial charge is 0.319 e. The number of aryl methyl sites for hydroxylation is 2. The average molecular weight is 333 g/mol. The Balaban J connectivity index is 1.33. The Kier molecular flexibility index (Phi) is 3.23. The molecule has 1 saturated carbocycles. The quantitative estimate of drug-likeness (QED) is 0.770. The Morgan fingerprint density at radius 1 is 1.16 bits per heavy atom. The number of rotatable bonds is 4. The lowest BCUT2D eigenvalue weighted by Crippen LogP contribution is -2.29. The van der Waals surface area contributed by atoms with Gasteiger partial charge in [-0.25, -0.2) is 4.79 Å². The lowest BCUT2D eigenvalue weighted by atomic mass is 10.0. The van der Waals surface area contributed by atoms with Crippen LogP contribution in [0.1, 0.15) is 35.8 Å². The van der Waals surface area contributed by atoms with Gasteiger partial charge in [-0.2, -0.15) is 0 Å². The number of amides is 2. The molecule has 25 heavy (non-hydrogen) atoms. The van der Waals surface area contributed by atoms with Gasteiger partial charge in [-0.3, -0.25) is 0 Å². The van der Waals surface area contributed by atoms with E-state index in [1.165, 1.54) is 16.5 Å². The number of anilines is 1. The van der Waals surface area contributed by atoms with Crippen LogP contribution in [0.25, 0.3) is 10.8 Å². The van der Waals surface area contributed by atoms with Crippen molar-refractivity contribution in [3.63, 3.8) is 0 Å². The van der Waals surface area contributed by atoms with Crippen LogP contribution in [0.4, 0.5) is 10.5 Å². The number of nitrogens with one attached hydrogen (secondary N) is 2. The lowest BCUT2D eigenvalue weighted by molar-refractivity contribution is 0.251. The van der Waals surface area contributed by atoms with Gasteiger partial charge in [0, 0.05) is 11.4 Å². The molecule has 6 nitrogen and oxygen atoms in total. The van der Waals surface area contributed by atoms with Gasteiger partial charge in [0.25, 0.3) is 0 Å². The number of aromatic nitrogens is 3. The van der Waals surface area contributed by atoms with Gasteiger partial charge < -0.3 is 15.2 Å². The van der Waals surface area contributed by atoms with Crippen LogP contribution in [-0.2, 0) is 19.4 Å². The van der Waals surface area contributed by atoms with Crippen LogP contribution < -0.4 is 10.6 Å². The van der Waals surface area contributed by atoms with Crippen LogP contribution in [0.3, 0.4) is 0 Å². The molecule has 0 atom stereocenters. The second kappa shape index (κ2) is 5.58. The first-order valence-corrected chi connectivity index (χ1v) is 8.76. The molecule has 2 aliphatic carbocycles. The van der Waals surface area contributed by atoms with Crippen molar-refractivity contribution in [1.82, 2.24) is 20.1 Å². The van der Waals surface area contributed by atoms with Gasteiger partial charge in [0.15, 0.2) is 5.82 Å². The number of urea groups is 1. The number of nitrogens with zero attached hydrogens (tertiary/aromatic N) is 3. The van der Waals surface area contributed by atoms with E-state index in [1.807, 2.05) is 6.07 Å². The van der Waals surface area contributed by atoms with Crippen LogP contribution in [0.15, 0.2) is 36.7 Å². The molecule has 1 heterocycles. The van der Waals surface area contributed by atoms with Gasteiger partial charge >= 0.3 is 6.03 Å². The van der Waals surface area contributed by atoms with E-state index in [0.29, 0.717) is 12.6 Å². The maximum atomic E-state index is 12.4. The van der Waals surface area contributed by atoms with E-state index < -0.39 is 0 Å². The summed E-state index contributed by atoms with van der Waals surface area (Å²) < 4.78 is 2.05. The first-order chi connectivity index (χ1) is 12.3. The van der Waals surface area contributed by atoms with Gasteiger partial charge in [0.05, 0.1) is 12.2 Å². The number of hydrogen-bond acceptors (Lipinski definition) is 3. The number of hydrogen-bond donors (Lipinski definition) is 2. The van der Waals surface area contributed by atoms with Crippen LogP contribution in [-0.4, -0.2) is 20.8 Å². The number of carbonyl (C=O) groups excluding carboxylic acids is 1. The fourth-order valence-corrected chi connectivity index (χ4v) is 3.73. The molecule has 2 N–H and O–H groups in total. The highest BCUT2D eigenvalue weighted by Gasteiger charge is 2.26. The summed E-state index contributed by atoms with van der Waals surface area (Å²) in [6, 6.07) is 10.7. The third-order valence-electron chi connectivity index (χ3n) is 5.12. The van der Waals surface area contributed by atoms with E-state index in [-0.39, 0.29) is 6.03 Å². The maximum absolute atomic E-state index is 12.4. The van der Waals surface area contributed by atoms with E-state index in [0.717, 1.165) is 42.6 Å². The van der Waals surface area contributed by atoms with Gasteiger partial charge in [-0.1, -0.05) is 24.3 Å². The summed E-state index contributed by atoms with van der Waals surface area (Å²) in [7, 11) is 0. The second-order valence-corrected chi connectivity index (χ2v) is 6.81. The molecule has 5 rings (SSSR count). The highest BCUT2D eigenvalue weighted by molar-refractivity contribution is 6.04. The summed E-state index contributed by atoms with van der Waals surface area (Å²) in [5.41, 5.74) is 3.59. The molecule has 0 spiro atoms. The highest BCUT2D eigenvalue weighted by atomic mass is 16.2. The minimum atomic E-state index is -0.218. The van der Waals surface area contributed by atoms with Crippen molar-refractivity contribution in [2.24, 2.45) is 0 Å². The van der Waals surface area contributed by atoms with Crippen LogP contribution in [0.5, 0.6) is 0 Å². The Morgan fingerprint density at radius 2 is 2.00 bits per heavy atom. The molecular formula is C19H19N5O. The highest BCUT2D eigenvalue weighted by Crippen LogP contribution is 2.36. The predicted molar refractivity (Wildman–Crippen MR) is 95.5 cm³/mol. The number of carbonyl (C=O) groups is 1. The van der Waals surface area contributed by atoms with Crippen LogP contribution >= 0.6 is 0 Å². The molecular weight excluding hydrogens is 314 g/mol. The molecule has 2 amide bonds. The normalized spacial score (nSPS) is 15.5. The van der Waals surface area contributed by atoms with Gasteiger partial charge in [-0.05, 0) is 48.3 Å². The van der Waals surface area contributed by atoms with Crippen molar-refractivity contribution in [3.05, 3.63) is 53.6 Å². The first-order valence-electron chi connectivity index (χ1n) is 8.76. The van der Waals surface area contributed by atoms with E-state index in [9.17, 15) is 4.79 Å². The Morgan fingerprint density at radius 3 is 2.84 bits per heavy atom. The molecule has 1 aromatic heterocycles. The summed E-state index contributed by atoms with van der Waals surface area (Å²) in [5, 5.41) is 16.4. The van der Waals surface area contributed by atoms with E-state index in [4.69, 9.17) is 0 Å².